The van der Waals surface area contributed by atoms with Gasteiger partial charge in [0.05, 0.1) is 11.3 Å². The number of benzene rings is 1. The van der Waals surface area contributed by atoms with E-state index in [2.05, 4.69) is 9.71 Å². The smallest absolute Gasteiger partial charge is 0.308 e. The summed E-state index contributed by atoms with van der Waals surface area (Å²) in [6.07, 6.45) is 1.07. The number of aliphatic carboxylic acids is 1. The molecule has 1 heterocycles. The number of thiazole rings is 1. The molecule has 2 N–H and O–H groups in total. The number of sulfonamides is 1. The number of nitrogens with zero attached hydrogens (tertiary/aromatic N) is 1. The van der Waals surface area contributed by atoms with Crippen LogP contribution in [0.3, 0.4) is 0 Å². The summed E-state index contributed by atoms with van der Waals surface area (Å²) >= 11 is 0.930. The highest BCUT2D eigenvalue weighted by atomic mass is 32.2. The summed E-state index contributed by atoms with van der Waals surface area (Å²) in [5.74, 6) is -1.57. The van der Waals surface area contributed by atoms with Crippen LogP contribution in [0.4, 0.5) is 9.52 Å². The Labute approximate surface area is 118 Å². The normalized spacial score (nSPS) is 11.2. The molecule has 0 saturated heterocycles. The molecule has 6 nitrogen and oxygen atoms in total. The van der Waals surface area contributed by atoms with E-state index in [1.165, 1.54) is 6.20 Å². The highest BCUT2D eigenvalue weighted by Gasteiger charge is 2.16. The minimum Gasteiger partial charge on any atom is -0.481 e. The van der Waals surface area contributed by atoms with Gasteiger partial charge in [-0.15, -0.1) is 11.3 Å². The van der Waals surface area contributed by atoms with Crippen LogP contribution in [0.1, 0.15) is 4.88 Å². The van der Waals surface area contributed by atoms with Crippen molar-refractivity contribution in [3.8, 4) is 0 Å². The van der Waals surface area contributed by atoms with Crippen LogP contribution in [0.2, 0.25) is 0 Å². The first kappa shape index (κ1) is 14.4. The fourth-order valence-corrected chi connectivity index (χ4v) is 3.42. The van der Waals surface area contributed by atoms with Crippen LogP contribution < -0.4 is 4.72 Å². The summed E-state index contributed by atoms with van der Waals surface area (Å²) < 4.78 is 38.9. The molecule has 0 amide bonds. The van der Waals surface area contributed by atoms with Gasteiger partial charge in [0, 0.05) is 11.1 Å². The zero-order valence-electron chi connectivity index (χ0n) is 9.91. The molecule has 0 saturated carbocycles. The number of halogens is 1. The van der Waals surface area contributed by atoms with Crippen LogP contribution in [-0.4, -0.2) is 24.5 Å². The topological polar surface area (TPSA) is 96.4 Å². The maximum absolute atomic E-state index is 12.7. The van der Waals surface area contributed by atoms with Crippen LogP contribution in [0.25, 0.3) is 0 Å². The number of aromatic nitrogens is 1. The fourth-order valence-electron chi connectivity index (χ4n) is 1.37. The standard InChI is InChI=1S/C11H9FN2O4S2/c12-7-1-3-9(4-2-7)20(17,18)14-11-13-6-8(19-11)5-10(15)16/h1-4,6H,5H2,(H,13,14)(H,15,16). The number of hydrogen-bond donors (Lipinski definition) is 2. The Balaban J connectivity index is 2.18. The van der Waals surface area contributed by atoms with E-state index in [-0.39, 0.29) is 16.4 Å². The van der Waals surface area contributed by atoms with Crippen molar-refractivity contribution in [2.75, 3.05) is 4.72 Å². The maximum Gasteiger partial charge on any atom is 0.308 e. The first-order valence-electron chi connectivity index (χ1n) is 5.32. The van der Waals surface area contributed by atoms with Crippen molar-refractivity contribution >= 4 is 32.5 Å². The quantitative estimate of drug-likeness (QED) is 0.875. The molecule has 0 unspecified atom stereocenters. The Hall–Kier alpha value is -2.00. The third-order valence-corrected chi connectivity index (χ3v) is 4.62. The average molecular weight is 316 g/mol. The number of rotatable bonds is 5. The van der Waals surface area contributed by atoms with Gasteiger partial charge < -0.3 is 5.11 Å². The molecule has 0 spiro atoms. The molecule has 0 aliphatic carbocycles. The average Bonchev–Trinajstić information content (AvgIpc) is 2.75. The van der Waals surface area contributed by atoms with Crippen LogP contribution >= 0.6 is 11.3 Å². The fraction of sp³-hybridized carbons (Fsp3) is 0.0909. The van der Waals surface area contributed by atoms with E-state index >= 15 is 0 Å². The molecule has 0 bridgehead atoms. The number of carboxylic acids is 1. The largest absolute Gasteiger partial charge is 0.481 e. The number of anilines is 1. The van der Waals surface area contributed by atoms with Crippen LogP contribution in [0.5, 0.6) is 0 Å². The Kier molecular flexibility index (Phi) is 4.00. The number of carbonyl (C=O) groups is 1. The predicted octanol–water partition coefficient (Wildman–Crippen LogP) is 1.71. The van der Waals surface area contributed by atoms with E-state index in [1.54, 1.807) is 0 Å². The van der Waals surface area contributed by atoms with Crippen molar-refractivity contribution in [2.24, 2.45) is 0 Å². The summed E-state index contributed by atoms with van der Waals surface area (Å²) in [6.45, 7) is 0. The van der Waals surface area contributed by atoms with Crippen LogP contribution in [0, 0.1) is 5.82 Å². The monoisotopic (exact) mass is 316 g/mol. The molecule has 106 valence electrons. The zero-order valence-corrected chi connectivity index (χ0v) is 11.5. The second-order valence-corrected chi connectivity index (χ2v) is 6.56. The molecule has 20 heavy (non-hydrogen) atoms. The van der Waals surface area contributed by atoms with Crippen molar-refractivity contribution < 1.29 is 22.7 Å². The lowest BCUT2D eigenvalue weighted by Crippen LogP contribution is -2.12. The van der Waals surface area contributed by atoms with Gasteiger partial charge in [-0.1, -0.05) is 0 Å². The van der Waals surface area contributed by atoms with Gasteiger partial charge in [0.1, 0.15) is 5.82 Å². The van der Waals surface area contributed by atoms with Gasteiger partial charge >= 0.3 is 5.97 Å². The van der Waals surface area contributed by atoms with Crippen LogP contribution in [-0.2, 0) is 21.2 Å². The molecular formula is C11H9FN2O4S2. The second-order valence-electron chi connectivity index (χ2n) is 3.76. The molecule has 2 aromatic rings. The summed E-state index contributed by atoms with van der Waals surface area (Å²) in [5, 5.41) is 8.68. The molecule has 0 fully saturated rings. The van der Waals surface area contributed by atoms with Gasteiger partial charge in [-0.2, -0.15) is 0 Å². The van der Waals surface area contributed by atoms with Crippen LogP contribution in [0.15, 0.2) is 35.4 Å². The number of nitrogens with one attached hydrogen (secondary N) is 1. The zero-order chi connectivity index (χ0) is 14.8. The van der Waals surface area contributed by atoms with E-state index in [0.29, 0.717) is 4.88 Å². The summed E-state index contributed by atoms with van der Waals surface area (Å²) in [6, 6.07) is 4.32. The third-order valence-electron chi connectivity index (χ3n) is 2.22. The molecule has 0 aliphatic rings. The predicted molar refractivity (Wildman–Crippen MR) is 70.7 cm³/mol. The molecule has 2 rings (SSSR count). The Bertz CT molecular complexity index is 725. The van der Waals surface area contributed by atoms with E-state index in [1.807, 2.05) is 0 Å². The van der Waals surface area contributed by atoms with Crippen molar-refractivity contribution in [1.82, 2.24) is 4.98 Å². The molecule has 0 atom stereocenters. The molecule has 1 aromatic carbocycles. The highest BCUT2D eigenvalue weighted by molar-refractivity contribution is 7.93. The summed E-state index contributed by atoms with van der Waals surface area (Å²) in [5.41, 5.74) is 0. The second kappa shape index (κ2) is 5.55. The number of hydrogen-bond acceptors (Lipinski definition) is 5. The van der Waals surface area contributed by atoms with Gasteiger partial charge in [-0.3, -0.25) is 9.52 Å². The van der Waals surface area contributed by atoms with E-state index in [9.17, 15) is 17.6 Å². The highest BCUT2D eigenvalue weighted by Crippen LogP contribution is 2.22. The van der Waals surface area contributed by atoms with Gasteiger partial charge in [-0.25, -0.2) is 17.8 Å². The van der Waals surface area contributed by atoms with Gasteiger partial charge in [0.15, 0.2) is 5.13 Å². The molecule has 9 heteroatoms. The minimum atomic E-state index is -3.86. The molecule has 0 radical (unpaired) electrons. The van der Waals surface area contributed by atoms with Crippen molar-refractivity contribution in [2.45, 2.75) is 11.3 Å². The molecule has 1 aromatic heterocycles. The SMILES string of the molecule is O=C(O)Cc1cnc(NS(=O)(=O)c2ccc(F)cc2)s1. The lowest BCUT2D eigenvalue weighted by Gasteiger charge is -2.04. The van der Waals surface area contributed by atoms with E-state index in [4.69, 9.17) is 5.11 Å². The van der Waals surface area contributed by atoms with Crippen molar-refractivity contribution in [1.29, 1.82) is 0 Å². The van der Waals surface area contributed by atoms with Gasteiger partial charge in [-0.05, 0) is 24.3 Å². The third kappa shape index (κ3) is 3.52. The Morgan fingerprint density at radius 2 is 2.00 bits per heavy atom. The Morgan fingerprint density at radius 1 is 1.35 bits per heavy atom. The minimum absolute atomic E-state index is 0.0607. The van der Waals surface area contributed by atoms with E-state index in [0.717, 1.165) is 35.6 Å². The lowest BCUT2D eigenvalue weighted by molar-refractivity contribution is -0.136. The van der Waals surface area contributed by atoms with E-state index < -0.39 is 21.8 Å². The van der Waals surface area contributed by atoms with Gasteiger partial charge in [0.2, 0.25) is 0 Å². The lowest BCUT2D eigenvalue weighted by atomic mass is 10.4. The first-order valence-corrected chi connectivity index (χ1v) is 7.62. The Morgan fingerprint density at radius 3 is 2.60 bits per heavy atom. The number of carboxylic acid groups (broad SMARTS) is 1. The first-order chi connectivity index (χ1) is 9.37. The van der Waals surface area contributed by atoms with Crippen molar-refractivity contribution in [3.63, 3.8) is 0 Å². The maximum atomic E-state index is 12.7. The van der Waals surface area contributed by atoms with Gasteiger partial charge in [0.25, 0.3) is 10.0 Å². The summed E-state index contributed by atoms with van der Waals surface area (Å²) in [7, 11) is -3.86. The molecule has 0 aliphatic heterocycles. The van der Waals surface area contributed by atoms with Crippen molar-refractivity contribution in [3.05, 3.63) is 41.2 Å². The molecular weight excluding hydrogens is 307 g/mol. The summed E-state index contributed by atoms with van der Waals surface area (Å²) in [4.78, 5) is 14.6.